The van der Waals surface area contributed by atoms with Crippen molar-refractivity contribution in [2.45, 2.75) is 19.6 Å². The Hall–Kier alpha value is -7.32. The predicted octanol–water partition coefficient (Wildman–Crippen LogP) is 17.0. The maximum absolute atomic E-state index is 2.55. The molecule has 288 valence electrons. The highest BCUT2D eigenvalue weighted by Crippen LogP contribution is 2.57. The van der Waals surface area contributed by atoms with Crippen molar-refractivity contribution < 1.29 is 0 Å². The molecule has 1 heteroatoms. The minimum absolute atomic E-state index is 1.25. The number of rotatable bonds is 4. The van der Waals surface area contributed by atoms with Crippen molar-refractivity contribution in [1.82, 2.24) is 0 Å². The van der Waals surface area contributed by atoms with Gasteiger partial charge in [-0.15, -0.1) is 0 Å². The van der Waals surface area contributed by atoms with Crippen LogP contribution in [-0.4, -0.2) is 8.07 Å². The molecule has 0 atom stereocenters. The Morgan fingerprint density at radius 3 is 1.29 bits per heavy atom. The Balaban J connectivity index is 1.14. The molecule has 0 saturated heterocycles. The largest absolute Gasteiger partial charge is 0.0775 e. The second-order valence-corrected chi connectivity index (χ2v) is 23.8. The number of hydrogen-bond acceptors (Lipinski definition) is 0. The summed E-state index contributed by atoms with van der Waals surface area (Å²) in [5.74, 6) is 0. The van der Waals surface area contributed by atoms with E-state index in [1.807, 2.05) is 0 Å². The van der Waals surface area contributed by atoms with Crippen LogP contribution in [0.15, 0.2) is 188 Å². The average molecular weight is 801 g/mol. The topological polar surface area (TPSA) is 0 Å². The van der Waals surface area contributed by atoms with Gasteiger partial charge in [0.15, 0.2) is 0 Å². The molecule has 1 aliphatic carbocycles. The molecule has 0 radical (unpaired) electrons. The van der Waals surface area contributed by atoms with Crippen molar-refractivity contribution >= 4 is 99.4 Å². The zero-order valence-electron chi connectivity index (χ0n) is 34.9. The van der Waals surface area contributed by atoms with Gasteiger partial charge < -0.3 is 0 Å². The van der Waals surface area contributed by atoms with Crippen LogP contribution >= 0.6 is 0 Å². The van der Waals surface area contributed by atoms with Crippen molar-refractivity contribution in [3.63, 3.8) is 0 Å². The van der Waals surface area contributed by atoms with Gasteiger partial charge >= 0.3 is 0 Å². The lowest BCUT2D eigenvalue weighted by atomic mass is 9.85. The summed E-state index contributed by atoms with van der Waals surface area (Å²) in [4.78, 5) is 0. The first-order valence-corrected chi connectivity index (χ1v) is 25.5. The quantitative estimate of drug-likeness (QED) is 0.156. The molecule has 0 fully saturated rings. The van der Waals surface area contributed by atoms with E-state index in [1.165, 1.54) is 147 Å². The summed E-state index contributed by atoms with van der Waals surface area (Å²) in [5, 5.41) is 22.8. The monoisotopic (exact) mass is 800 g/mol. The maximum atomic E-state index is 2.55. The van der Waals surface area contributed by atoms with Crippen LogP contribution in [-0.2, 0) is 0 Å². The molecule has 14 rings (SSSR count). The van der Waals surface area contributed by atoms with E-state index in [0.29, 0.717) is 0 Å². The lowest BCUT2D eigenvalue weighted by Crippen LogP contribution is -2.37. The van der Waals surface area contributed by atoms with Crippen LogP contribution in [0.5, 0.6) is 0 Å². The molecule has 0 spiro atoms. The van der Waals surface area contributed by atoms with E-state index in [4.69, 9.17) is 0 Å². The molecule has 0 aliphatic heterocycles. The van der Waals surface area contributed by atoms with Gasteiger partial charge in [0.1, 0.15) is 0 Å². The lowest BCUT2D eigenvalue weighted by Gasteiger charge is -2.17. The third-order valence-corrected chi connectivity index (χ3v) is 16.5. The first-order valence-electron chi connectivity index (χ1n) is 22.0. The van der Waals surface area contributed by atoms with Gasteiger partial charge in [0, 0.05) is 0 Å². The Kier molecular flexibility index (Phi) is 6.75. The molecule has 0 heterocycles. The number of benzene rings is 11. The normalized spacial score (nSPS) is 12.8. The van der Waals surface area contributed by atoms with E-state index in [9.17, 15) is 0 Å². The highest BCUT2D eigenvalue weighted by molar-refractivity contribution is 6.88. The van der Waals surface area contributed by atoms with Crippen LogP contribution in [0.25, 0.3) is 142 Å². The molecule has 13 aromatic rings. The smallest absolute Gasteiger partial charge is 0.0656 e. The molecule has 0 unspecified atom stereocenters. The van der Waals surface area contributed by atoms with E-state index >= 15 is 0 Å². The van der Waals surface area contributed by atoms with E-state index in [1.54, 1.807) is 0 Å². The van der Waals surface area contributed by atoms with Gasteiger partial charge in [-0.05, 0) is 166 Å². The molecule has 0 aromatic heterocycles. The fourth-order valence-corrected chi connectivity index (χ4v) is 12.8. The van der Waals surface area contributed by atoms with Crippen LogP contribution in [0.4, 0.5) is 0 Å². The fraction of sp³-hybridized carbons (Fsp3) is 0.0492. The van der Waals surface area contributed by atoms with Crippen molar-refractivity contribution in [3.8, 4) is 55.6 Å². The molecular formula is C61H40Si. The zero-order chi connectivity index (χ0) is 41.0. The van der Waals surface area contributed by atoms with Crippen LogP contribution < -0.4 is 5.19 Å². The SMILES string of the molecule is C[Si](C)(C)c1ccc(-c2ccc3c4cc5c(-c6ccccc6)c6c7ccc8c9c(ccc(c6c(-c6ccccc6)c5cc4c4cccc2c43)c97)-c2cc3ccccc3cc2-8)cc1. The summed E-state index contributed by atoms with van der Waals surface area (Å²) >= 11 is 0. The Morgan fingerprint density at radius 1 is 0.258 bits per heavy atom. The predicted molar refractivity (Wildman–Crippen MR) is 273 cm³/mol. The molecule has 0 amide bonds. The standard InChI is InChI=1S/C61H40Si/c1-62(2,3)40-23-21-35(22-24-40)41-25-26-44-52-34-54-53(33-51(52)43-20-12-19-42(41)57(43)44)55(36-13-6-4-7-14-36)60-47-29-27-45-49-31-38-17-10-11-18-39(38)32-50(49)46-28-30-48(59(47)58(45)46)61(60)56(54)37-15-8-5-9-16-37/h4-34H,1-3H3. The van der Waals surface area contributed by atoms with Crippen LogP contribution in [0.2, 0.25) is 19.6 Å². The summed E-state index contributed by atoms with van der Waals surface area (Å²) < 4.78 is 0. The van der Waals surface area contributed by atoms with Crippen molar-refractivity contribution in [1.29, 1.82) is 0 Å². The third kappa shape index (κ3) is 4.51. The Morgan fingerprint density at radius 2 is 0.742 bits per heavy atom. The Bertz CT molecular complexity index is 3830. The fourth-order valence-electron chi connectivity index (χ4n) is 11.6. The average Bonchev–Trinajstić information content (AvgIpc) is 3.92. The molecule has 0 nitrogen and oxygen atoms in total. The van der Waals surface area contributed by atoms with E-state index in [-0.39, 0.29) is 0 Å². The first kappa shape index (κ1) is 34.4. The summed E-state index contributed by atoms with van der Waals surface area (Å²) in [5.41, 5.74) is 13.1. The molecule has 0 bridgehead atoms. The number of fused-ring (bicyclic) bond motifs is 11. The second kappa shape index (κ2) is 12.2. The van der Waals surface area contributed by atoms with Crippen molar-refractivity contribution in [2.24, 2.45) is 0 Å². The van der Waals surface area contributed by atoms with Gasteiger partial charge in [-0.25, -0.2) is 0 Å². The van der Waals surface area contributed by atoms with Crippen molar-refractivity contribution in [3.05, 3.63) is 188 Å². The minimum atomic E-state index is -1.41. The van der Waals surface area contributed by atoms with Crippen LogP contribution in [0, 0.1) is 0 Å². The molecule has 0 saturated carbocycles. The summed E-state index contributed by atoms with van der Waals surface area (Å²) in [6, 6.07) is 72.0. The first-order chi connectivity index (χ1) is 30.4. The molecule has 1 aliphatic rings. The van der Waals surface area contributed by atoms with Gasteiger partial charge in [0.2, 0.25) is 0 Å². The summed E-state index contributed by atoms with van der Waals surface area (Å²) in [6.07, 6.45) is 0. The van der Waals surface area contributed by atoms with Gasteiger partial charge in [-0.3, -0.25) is 0 Å². The minimum Gasteiger partial charge on any atom is -0.0656 e. The molecule has 62 heavy (non-hydrogen) atoms. The van der Waals surface area contributed by atoms with Crippen LogP contribution in [0.3, 0.4) is 0 Å². The van der Waals surface area contributed by atoms with E-state index < -0.39 is 8.07 Å². The Labute approximate surface area is 361 Å². The zero-order valence-corrected chi connectivity index (χ0v) is 35.9. The molecule has 0 N–H and O–H groups in total. The highest BCUT2D eigenvalue weighted by atomic mass is 28.3. The second-order valence-electron chi connectivity index (χ2n) is 18.7. The van der Waals surface area contributed by atoms with Gasteiger partial charge in [-0.1, -0.05) is 189 Å². The lowest BCUT2D eigenvalue weighted by molar-refractivity contribution is 1.65. The maximum Gasteiger partial charge on any atom is 0.0775 e. The summed E-state index contributed by atoms with van der Waals surface area (Å²) in [7, 11) is -1.41. The third-order valence-electron chi connectivity index (χ3n) is 14.4. The molecular weight excluding hydrogens is 761 g/mol. The van der Waals surface area contributed by atoms with Crippen LogP contribution in [0.1, 0.15) is 0 Å². The van der Waals surface area contributed by atoms with Gasteiger partial charge in [0.25, 0.3) is 0 Å². The van der Waals surface area contributed by atoms with Crippen molar-refractivity contribution in [2.75, 3.05) is 0 Å². The van der Waals surface area contributed by atoms with E-state index in [0.717, 1.165) is 0 Å². The van der Waals surface area contributed by atoms with Gasteiger partial charge in [-0.2, -0.15) is 0 Å². The summed E-state index contributed by atoms with van der Waals surface area (Å²) in [6.45, 7) is 7.27. The highest BCUT2D eigenvalue weighted by Gasteiger charge is 2.30. The van der Waals surface area contributed by atoms with E-state index in [2.05, 4.69) is 208 Å². The number of hydrogen-bond donors (Lipinski definition) is 0. The molecule has 13 aromatic carbocycles. The van der Waals surface area contributed by atoms with Gasteiger partial charge in [0.05, 0.1) is 8.07 Å².